The minimum absolute atomic E-state index is 0.113. The van der Waals surface area contributed by atoms with Gasteiger partial charge in [-0.3, -0.25) is 9.69 Å². The predicted octanol–water partition coefficient (Wildman–Crippen LogP) is 0.862. The molecule has 1 unspecified atom stereocenters. The Morgan fingerprint density at radius 3 is 3.05 bits per heavy atom. The average molecular weight is 303 g/mol. The Labute approximate surface area is 129 Å². The fourth-order valence-corrected chi connectivity index (χ4v) is 2.98. The fraction of sp³-hybridized carbons (Fsp3) is 0.500. The van der Waals surface area contributed by atoms with Crippen LogP contribution in [-0.2, 0) is 6.54 Å². The molecule has 1 aromatic heterocycles. The molecule has 2 aromatic rings. The summed E-state index contributed by atoms with van der Waals surface area (Å²) in [7, 11) is 1.61. The number of rotatable bonds is 4. The van der Waals surface area contributed by atoms with Gasteiger partial charge in [0.1, 0.15) is 5.75 Å². The van der Waals surface area contributed by atoms with Gasteiger partial charge in [0.05, 0.1) is 30.4 Å². The van der Waals surface area contributed by atoms with Gasteiger partial charge in [0.2, 0.25) is 0 Å². The number of β-amino-alcohol motifs (C(OH)–C–C–N with tert-alkyl or cyclic N) is 1. The van der Waals surface area contributed by atoms with Crippen molar-refractivity contribution in [3.8, 4) is 5.75 Å². The molecule has 6 heteroatoms. The van der Waals surface area contributed by atoms with Crippen LogP contribution in [0.15, 0.2) is 29.2 Å². The number of benzene rings is 1. The van der Waals surface area contributed by atoms with Crippen LogP contribution in [0.1, 0.15) is 12.8 Å². The zero-order valence-electron chi connectivity index (χ0n) is 12.7. The number of piperidine rings is 1. The van der Waals surface area contributed by atoms with Crippen molar-refractivity contribution in [1.29, 1.82) is 0 Å². The van der Waals surface area contributed by atoms with Crippen molar-refractivity contribution in [2.24, 2.45) is 0 Å². The third kappa shape index (κ3) is 3.13. The van der Waals surface area contributed by atoms with Gasteiger partial charge in [-0.1, -0.05) is 0 Å². The quantitative estimate of drug-likeness (QED) is 0.907. The molecule has 1 aliphatic rings. The Kier molecular flexibility index (Phi) is 4.40. The number of likely N-dealkylation sites (tertiary alicyclic amines) is 1. The van der Waals surface area contributed by atoms with Crippen molar-refractivity contribution in [2.75, 3.05) is 26.7 Å². The van der Waals surface area contributed by atoms with E-state index in [-0.39, 0.29) is 11.7 Å². The van der Waals surface area contributed by atoms with Crippen molar-refractivity contribution in [3.63, 3.8) is 0 Å². The second kappa shape index (κ2) is 6.46. The van der Waals surface area contributed by atoms with Crippen LogP contribution in [0, 0.1) is 0 Å². The first-order valence-corrected chi connectivity index (χ1v) is 7.61. The van der Waals surface area contributed by atoms with E-state index >= 15 is 0 Å². The molecule has 0 radical (unpaired) electrons. The molecule has 3 rings (SSSR count). The number of aliphatic hydroxyl groups excluding tert-OH is 1. The maximum absolute atomic E-state index is 12.2. The molecule has 0 bridgehead atoms. The molecule has 0 saturated carbocycles. The lowest BCUT2D eigenvalue weighted by atomic mass is 10.1. The number of hydrogen-bond acceptors (Lipinski definition) is 5. The monoisotopic (exact) mass is 303 g/mol. The number of fused-ring (bicyclic) bond motifs is 1. The van der Waals surface area contributed by atoms with Gasteiger partial charge in [-0.2, -0.15) is 0 Å². The van der Waals surface area contributed by atoms with Crippen molar-refractivity contribution in [1.82, 2.24) is 14.5 Å². The number of methoxy groups -OCH3 is 1. The molecule has 0 amide bonds. The van der Waals surface area contributed by atoms with E-state index in [1.165, 1.54) is 6.20 Å². The van der Waals surface area contributed by atoms with Crippen LogP contribution >= 0.6 is 0 Å². The SMILES string of the molecule is COc1ccc2ncc(=O)n(CCN3CCCC(O)C3)c2c1. The van der Waals surface area contributed by atoms with Crippen LogP contribution in [0.5, 0.6) is 5.75 Å². The highest BCUT2D eigenvalue weighted by Gasteiger charge is 2.17. The van der Waals surface area contributed by atoms with Crippen LogP contribution in [0.3, 0.4) is 0 Å². The summed E-state index contributed by atoms with van der Waals surface area (Å²) in [6, 6.07) is 5.54. The van der Waals surface area contributed by atoms with Gasteiger partial charge in [-0.15, -0.1) is 0 Å². The van der Waals surface area contributed by atoms with Gasteiger partial charge in [0.15, 0.2) is 0 Å². The summed E-state index contributed by atoms with van der Waals surface area (Å²) in [5, 5.41) is 9.73. The standard InChI is InChI=1S/C16H21N3O3/c1-22-13-4-5-14-15(9-13)19(16(21)10-17-14)8-7-18-6-2-3-12(20)11-18/h4-5,9-10,12,20H,2-3,6-8,11H2,1H3. The summed E-state index contributed by atoms with van der Waals surface area (Å²) in [5.41, 5.74) is 1.45. The molecule has 0 aliphatic carbocycles. The minimum atomic E-state index is -0.250. The molecule has 2 heterocycles. The van der Waals surface area contributed by atoms with E-state index in [2.05, 4.69) is 9.88 Å². The maximum Gasteiger partial charge on any atom is 0.269 e. The first kappa shape index (κ1) is 15.0. The van der Waals surface area contributed by atoms with Crippen LogP contribution in [-0.4, -0.2) is 52.4 Å². The number of hydrogen-bond donors (Lipinski definition) is 1. The van der Waals surface area contributed by atoms with Crippen molar-refractivity contribution >= 4 is 11.0 Å². The normalized spacial score (nSPS) is 19.5. The molecule has 1 aromatic carbocycles. The lowest BCUT2D eigenvalue weighted by Gasteiger charge is -2.30. The van der Waals surface area contributed by atoms with Gasteiger partial charge in [-0.05, 0) is 31.5 Å². The molecule has 1 atom stereocenters. The highest BCUT2D eigenvalue weighted by atomic mass is 16.5. The van der Waals surface area contributed by atoms with Crippen LogP contribution in [0.4, 0.5) is 0 Å². The smallest absolute Gasteiger partial charge is 0.269 e. The third-order valence-corrected chi connectivity index (χ3v) is 4.17. The summed E-state index contributed by atoms with van der Waals surface area (Å²) < 4.78 is 6.97. The van der Waals surface area contributed by atoms with Crippen molar-refractivity contribution in [2.45, 2.75) is 25.5 Å². The minimum Gasteiger partial charge on any atom is -0.497 e. The highest BCUT2D eigenvalue weighted by Crippen LogP contribution is 2.18. The largest absolute Gasteiger partial charge is 0.497 e. The van der Waals surface area contributed by atoms with Gasteiger partial charge >= 0.3 is 0 Å². The van der Waals surface area contributed by atoms with Crippen LogP contribution in [0.25, 0.3) is 11.0 Å². The van der Waals surface area contributed by atoms with Crippen molar-refractivity contribution < 1.29 is 9.84 Å². The van der Waals surface area contributed by atoms with E-state index in [0.29, 0.717) is 18.8 Å². The van der Waals surface area contributed by atoms with E-state index in [1.807, 2.05) is 18.2 Å². The zero-order chi connectivity index (χ0) is 15.5. The van der Waals surface area contributed by atoms with E-state index < -0.39 is 0 Å². The molecule has 1 saturated heterocycles. The molecule has 1 fully saturated rings. The van der Waals surface area contributed by atoms with E-state index in [0.717, 1.165) is 37.0 Å². The lowest BCUT2D eigenvalue weighted by molar-refractivity contribution is 0.0689. The zero-order valence-corrected chi connectivity index (χ0v) is 12.7. The Bertz CT molecular complexity index is 713. The molecule has 22 heavy (non-hydrogen) atoms. The average Bonchev–Trinajstić information content (AvgIpc) is 2.53. The van der Waals surface area contributed by atoms with Gasteiger partial charge < -0.3 is 14.4 Å². The summed E-state index contributed by atoms with van der Waals surface area (Å²) in [4.78, 5) is 18.5. The lowest BCUT2D eigenvalue weighted by Crippen LogP contribution is -2.40. The second-order valence-corrected chi connectivity index (χ2v) is 5.70. The van der Waals surface area contributed by atoms with Crippen LogP contribution in [0.2, 0.25) is 0 Å². The molecule has 6 nitrogen and oxygen atoms in total. The molecule has 1 aliphatic heterocycles. The van der Waals surface area contributed by atoms with Gasteiger partial charge in [0.25, 0.3) is 5.56 Å². The number of aromatic nitrogens is 2. The first-order valence-electron chi connectivity index (χ1n) is 7.61. The fourth-order valence-electron chi connectivity index (χ4n) is 2.98. The summed E-state index contributed by atoms with van der Waals surface area (Å²) >= 11 is 0. The number of ether oxygens (including phenoxy) is 1. The molecule has 0 spiro atoms. The topological polar surface area (TPSA) is 67.6 Å². The van der Waals surface area contributed by atoms with Crippen molar-refractivity contribution in [3.05, 3.63) is 34.7 Å². The molecular formula is C16H21N3O3. The summed E-state index contributed by atoms with van der Waals surface area (Å²) in [5.74, 6) is 0.710. The third-order valence-electron chi connectivity index (χ3n) is 4.17. The molecule has 1 N–H and O–H groups in total. The van der Waals surface area contributed by atoms with E-state index in [1.54, 1.807) is 11.7 Å². The first-order chi connectivity index (χ1) is 10.7. The number of aliphatic hydroxyl groups is 1. The Morgan fingerprint density at radius 2 is 2.27 bits per heavy atom. The van der Waals surface area contributed by atoms with Gasteiger partial charge in [0, 0.05) is 25.7 Å². The molecular weight excluding hydrogens is 282 g/mol. The number of nitrogens with zero attached hydrogens (tertiary/aromatic N) is 3. The summed E-state index contributed by atoms with van der Waals surface area (Å²) in [6.45, 7) is 2.98. The van der Waals surface area contributed by atoms with E-state index in [9.17, 15) is 9.90 Å². The maximum atomic E-state index is 12.2. The second-order valence-electron chi connectivity index (χ2n) is 5.70. The molecule has 118 valence electrons. The summed E-state index contributed by atoms with van der Waals surface area (Å²) in [6.07, 6.45) is 2.98. The Balaban J connectivity index is 1.85. The Hall–Kier alpha value is -1.92. The highest BCUT2D eigenvalue weighted by molar-refractivity contribution is 5.76. The predicted molar refractivity (Wildman–Crippen MR) is 84.2 cm³/mol. The van der Waals surface area contributed by atoms with Crippen LogP contribution < -0.4 is 10.3 Å². The van der Waals surface area contributed by atoms with E-state index in [4.69, 9.17) is 4.74 Å². The Morgan fingerprint density at radius 1 is 1.41 bits per heavy atom. The van der Waals surface area contributed by atoms with Gasteiger partial charge in [-0.25, -0.2) is 4.98 Å².